The van der Waals surface area contributed by atoms with Gasteiger partial charge >= 0.3 is 0 Å². The Bertz CT molecular complexity index is 492. The van der Waals surface area contributed by atoms with Gasteiger partial charge < -0.3 is 9.47 Å². The lowest BCUT2D eigenvalue weighted by molar-refractivity contribution is 0.201. The van der Waals surface area contributed by atoms with E-state index in [2.05, 4.69) is 17.9 Å². The summed E-state index contributed by atoms with van der Waals surface area (Å²) in [4.78, 5) is 2.22. The maximum absolute atomic E-state index is 9.03. The highest BCUT2D eigenvalue weighted by Crippen LogP contribution is 2.36. The summed E-state index contributed by atoms with van der Waals surface area (Å²) in [6, 6.07) is 8.56. The summed E-state index contributed by atoms with van der Waals surface area (Å²) in [5.41, 5.74) is 1.09. The van der Waals surface area contributed by atoms with Crippen LogP contribution >= 0.6 is 0 Å². The largest absolute Gasteiger partial charge is 0.497 e. The van der Waals surface area contributed by atoms with Crippen LogP contribution in [0.4, 0.5) is 0 Å². The SMILES string of the molecule is COc1ccc(CN(CC#N)[C@@H](C)C2CC2)c(OC)c1. The zero-order chi connectivity index (χ0) is 14.5. The van der Waals surface area contributed by atoms with Crippen molar-refractivity contribution in [2.45, 2.75) is 32.4 Å². The lowest BCUT2D eigenvalue weighted by Crippen LogP contribution is -2.34. The summed E-state index contributed by atoms with van der Waals surface area (Å²) in [7, 11) is 3.31. The van der Waals surface area contributed by atoms with E-state index in [-0.39, 0.29) is 0 Å². The summed E-state index contributed by atoms with van der Waals surface area (Å²) in [5.74, 6) is 2.34. The third-order valence-electron chi connectivity index (χ3n) is 4.02. The second kappa shape index (κ2) is 6.62. The molecule has 0 spiro atoms. The predicted octanol–water partition coefficient (Wildman–Crippen LogP) is 2.83. The molecule has 0 unspecified atom stereocenters. The molecule has 0 radical (unpaired) electrons. The molecule has 0 N–H and O–H groups in total. The van der Waals surface area contributed by atoms with Crippen LogP contribution < -0.4 is 9.47 Å². The summed E-state index contributed by atoms with van der Waals surface area (Å²) in [5, 5.41) is 9.03. The summed E-state index contributed by atoms with van der Waals surface area (Å²) < 4.78 is 10.6. The number of rotatable bonds is 7. The molecular weight excluding hydrogens is 252 g/mol. The van der Waals surface area contributed by atoms with E-state index in [0.29, 0.717) is 12.6 Å². The average Bonchev–Trinajstić information content (AvgIpc) is 3.31. The second-order valence-electron chi connectivity index (χ2n) is 5.32. The van der Waals surface area contributed by atoms with Gasteiger partial charge in [0.05, 0.1) is 26.8 Å². The molecule has 0 bridgehead atoms. The van der Waals surface area contributed by atoms with Crippen LogP contribution in [-0.4, -0.2) is 31.7 Å². The van der Waals surface area contributed by atoms with Gasteiger partial charge in [0, 0.05) is 24.2 Å². The molecule has 1 saturated carbocycles. The lowest BCUT2D eigenvalue weighted by Gasteiger charge is -2.27. The molecule has 1 aromatic rings. The van der Waals surface area contributed by atoms with E-state index in [1.54, 1.807) is 14.2 Å². The molecule has 1 aliphatic rings. The number of benzene rings is 1. The summed E-state index contributed by atoms with van der Waals surface area (Å²) in [6.45, 7) is 3.40. The van der Waals surface area contributed by atoms with Crippen molar-refractivity contribution in [1.82, 2.24) is 4.90 Å². The molecule has 1 fully saturated rings. The highest BCUT2D eigenvalue weighted by Gasteiger charge is 2.32. The fraction of sp³-hybridized carbons (Fsp3) is 0.562. The Kier molecular flexibility index (Phi) is 4.86. The highest BCUT2D eigenvalue weighted by atomic mass is 16.5. The molecule has 1 aliphatic carbocycles. The predicted molar refractivity (Wildman–Crippen MR) is 77.8 cm³/mol. The van der Waals surface area contributed by atoms with Crippen LogP contribution in [0.5, 0.6) is 11.5 Å². The maximum atomic E-state index is 9.03. The maximum Gasteiger partial charge on any atom is 0.127 e. The third kappa shape index (κ3) is 3.43. The van der Waals surface area contributed by atoms with Gasteiger partial charge in [0.2, 0.25) is 0 Å². The Morgan fingerprint density at radius 1 is 1.35 bits per heavy atom. The average molecular weight is 274 g/mol. The van der Waals surface area contributed by atoms with Gasteiger partial charge in [-0.2, -0.15) is 5.26 Å². The Labute approximate surface area is 120 Å². The van der Waals surface area contributed by atoms with E-state index < -0.39 is 0 Å². The van der Waals surface area contributed by atoms with Gasteiger partial charge in [0.1, 0.15) is 11.5 Å². The van der Waals surface area contributed by atoms with Crippen LogP contribution in [0, 0.1) is 17.2 Å². The van der Waals surface area contributed by atoms with E-state index in [0.717, 1.165) is 29.5 Å². The second-order valence-corrected chi connectivity index (χ2v) is 5.32. The van der Waals surface area contributed by atoms with Gasteiger partial charge in [-0.15, -0.1) is 0 Å². The number of ether oxygens (including phenoxy) is 2. The molecule has 4 nitrogen and oxygen atoms in total. The van der Waals surface area contributed by atoms with Gasteiger partial charge in [0.25, 0.3) is 0 Å². The van der Waals surface area contributed by atoms with Crippen molar-refractivity contribution in [3.8, 4) is 17.6 Å². The van der Waals surface area contributed by atoms with Gasteiger partial charge in [-0.1, -0.05) is 6.07 Å². The molecule has 4 heteroatoms. The van der Waals surface area contributed by atoms with E-state index in [4.69, 9.17) is 14.7 Å². The number of methoxy groups -OCH3 is 2. The van der Waals surface area contributed by atoms with E-state index >= 15 is 0 Å². The normalized spacial score (nSPS) is 15.8. The number of nitrogens with zero attached hydrogens (tertiary/aromatic N) is 2. The first-order valence-corrected chi connectivity index (χ1v) is 7.01. The zero-order valence-corrected chi connectivity index (χ0v) is 12.4. The van der Waals surface area contributed by atoms with E-state index in [1.165, 1.54) is 12.8 Å². The van der Waals surface area contributed by atoms with Crippen molar-refractivity contribution in [3.63, 3.8) is 0 Å². The summed E-state index contributed by atoms with van der Waals surface area (Å²) in [6.07, 6.45) is 2.56. The molecule has 1 aromatic carbocycles. The van der Waals surface area contributed by atoms with Gasteiger partial charge in [0.15, 0.2) is 0 Å². The fourth-order valence-corrected chi connectivity index (χ4v) is 2.51. The summed E-state index contributed by atoms with van der Waals surface area (Å²) >= 11 is 0. The molecule has 2 rings (SSSR count). The monoisotopic (exact) mass is 274 g/mol. The number of nitriles is 1. The molecule has 1 atom stereocenters. The van der Waals surface area contributed by atoms with E-state index in [9.17, 15) is 0 Å². The van der Waals surface area contributed by atoms with Crippen molar-refractivity contribution < 1.29 is 9.47 Å². The Morgan fingerprint density at radius 3 is 2.65 bits per heavy atom. The molecule has 0 heterocycles. The molecule has 20 heavy (non-hydrogen) atoms. The smallest absolute Gasteiger partial charge is 0.127 e. The first kappa shape index (κ1) is 14.7. The standard InChI is InChI=1S/C16H22N2O2/c1-12(13-4-5-13)18(9-8-17)11-14-6-7-15(19-2)10-16(14)20-3/h6-7,10,12-13H,4-5,9,11H2,1-3H3/t12-/m0/s1. The minimum Gasteiger partial charge on any atom is -0.497 e. The fourth-order valence-electron chi connectivity index (χ4n) is 2.51. The van der Waals surface area contributed by atoms with Crippen molar-refractivity contribution in [3.05, 3.63) is 23.8 Å². The van der Waals surface area contributed by atoms with Gasteiger partial charge in [-0.05, 0) is 31.7 Å². The zero-order valence-electron chi connectivity index (χ0n) is 12.4. The Morgan fingerprint density at radius 2 is 2.10 bits per heavy atom. The Hall–Kier alpha value is -1.73. The Balaban J connectivity index is 2.15. The highest BCUT2D eigenvalue weighted by molar-refractivity contribution is 5.40. The van der Waals surface area contributed by atoms with Crippen LogP contribution in [0.1, 0.15) is 25.3 Å². The van der Waals surface area contributed by atoms with Crippen molar-refractivity contribution in [1.29, 1.82) is 5.26 Å². The molecule has 0 amide bonds. The van der Waals surface area contributed by atoms with E-state index in [1.807, 2.05) is 18.2 Å². The van der Waals surface area contributed by atoms with Crippen molar-refractivity contribution in [2.75, 3.05) is 20.8 Å². The first-order valence-electron chi connectivity index (χ1n) is 7.01. The minimum absolute atomic E-state index is 0.446. The number of hydrogen-bond acceptors (Lipinski definition) is 4. The van der Waals surface area contributed by atoms with Crippen LogP contribution in [-0.2, 0) is 6.54 Å². The van der Waals surface area contributed by atoms with Crippen LogP contribution in [0.3, 0.4) is 0 Å². The van der Waals surface area contributed by atoms with Gasteiger partial charge in [-0.25, -0.2) is 0 Å². The quantitative estimate of drug-likeness (QED) is 0.717. The van der Waals surface area contributed by atoms with Gasteiger partial charge in [-0.3, -0.25) is 4.90 Å². The third-order valence-corrected chi connectivity index (χ3v) is 4.02. The topological polar surface area (TPSA) is 45.5 Å². The molecule has 0 aromatic heterocycles. The lowest BCUT2D eigenvalue weighted by atomic mass is 10.1. The van der Waals surface area contributed by atoms with Crippen LogP contribution in [0.2, 0.25) is 0 Å². The molecule has 108 valence electrons. The van der Waals surface area contributed by atoms with Crippen LogP contribution in [0.15, 0.2) is 18.2 Å². The molecular formula is C16H22N2O2. The first-order chi connectivity index (χ1) is 9.69. The number of hydrogen-bond donors (Lipinski definition) is 0. The van der Waals surface area contributed by atoms with Crippen LogP contribution in [0.25, 0.3) is 0 Å². The van der Waals surface area contributed by atoms with Crippen molar-refractivity contribution in [2.24, 2.45) is 5.92 Å². The van der Waals surface area contributed by atoms with Crippen molar-refractivity contribution >= 4 is 0 Å². The molecule has 0 aliphatic heterocycles. The molecule has 0 saturated heterocycles. The minimum atomic E-state index is 0.446.